The van der Waals surface area contributed by atoms with E-state index in [1.54, 1.807) is 0 Å². The molecule has 2 aromatic carbocycles. The summed E-state index contributed by atoms with van der Waals surface area (Å²) in [6.07, 6.45) is 0.679. The monoisotopic (exact) mass is 394 g/mol. The second kappa shape index (κ2) is 9.37. The Bertz CT molecular complexity index is 906. The summed E-state index contributed by atoms with van der Waals surface area (Å²) in [6.45, 7) is 5.99. The van der Waals surface area contributed by atoms with Crippen LogP contribution in [0.25, 0.3) is 0 Å². The van der Waals surface area contributed by atoms with Crippen LogP contribution in [-0.2, 0) is 14.3 Å². The highest BCUT2D eigenvalue weighted by Crippen LogP contribution is 2.27. The molecule has 0 spiro atoms. The molecule has 1 heterocycles. The van der Waals surface area contributed by atoms with Crippen molar-refractivity contribution in [1.82, 2.24) is 5.01 Å². The average Bonchev–Trinajstić information content (AvgIpc) is 3.21. The highest BCUT2D eigenvalue weighted by molar-refractivity contribution is 6.02. The molecule has 0 unspecified atom stereocenters. The largest absolute Gasteiger partial charge is 0.482 e. The second-order valence-electron chi connectivity index (χ2n) is 7.32. The van der Waals surface area contributed by atoms with Crippen molar-refractivity contribution in [2.24, 2.45) is 5.10 Å². The number of hydrogen-bond acceptors (Lipinski definition) is 5. The Morgan fingerprint density at radius 2 is 1.86 bits per heavy atom. The minimum atomic E-state index is -0.582. The maximum Gasteiger partial charge on any atom is 0.344 e. The summed E-state index contributed by atoms with van der Waals surface area (Å²) in [4.78, 5) is 24.3. The Morgan fingerprint density at radius 3 is 2.59 bits per heavy atom. The van der Waals surface area contributed by atoms with Gasteiger partial charge in [0.15, 0.2) is 13.2 Å². The fraction of sp³-hybridized carbons (Fsp3) is 0.348. The minimum absolute atomic E-state index is 0.241. The topological polar surface area (TPSA) is 68.2 Å². The minimum Gasteiger partial charge on any atom is -0.482 e. The van der Waals surface area contributed by atoms with Crippen molar-refractivity contribution in [3.63, 3.8) is 0 Å². The molecule has 0 N–H and O–H groups in total. The summed E-state index contributed by atoms with van der Waals surface area (Å²) in [5, 5.41) is 5.70. The highest BCUT2D eigenvalue weighted by Gasteiger charge is 2.22. The first-order valence-corrected chi connectivity index (χ1v) is 9.76. The van der Waals surface area contributed by atoms with Crippen molar-refractivity contribution >= 4 is 17.6 Å². The molecule has 0 saturated heterocycles. The van der Waals surface area contributed by atoms with Gasteiger partial charge in [-0.1, -0.05) is 56.3 Å². The van der Waals surface area contributed by atoms with Crippen LogP contribution in [0.3, 0.4) is 0 Å². The molecule has 0 aliphatic carbocycles. The Labute approximate surface area is 171 Å². The Kier molecular flexibility index (Phi) is 6.65. The smallest absolute Gasteiger partial charge is 0.344 e. The Balaban J connectivity index is 1.49. The van der Waals surface area contributed by atoms with Gasteiger partial charge in [-0.05, 0) is 35.6 Å². The third-order valence-corrected chi connectivity index (χ3v) is 4.69. The van der Waals surface area contributed by atoms with Crippen molar-refractivity contribution in [1.29, 1.82) is 0 Å². The summed E-state index contributed by atoms with van der Waals surface area (Å²) in [7, 11) is 0. The number of nitrogens with zero attached hydrogens (tertiary/aromatic N) is 2. The van der Waals surface area contributed by atoms with Gasteiger partial charge in [-0.15, -0.1) is 0 Å². The fourth-order valence-electron chi connectivity index (χ4n) is 3.11. The molecule has 1 aliphatic heterocycles. The second-order valence-corrected chi connectivity index (χ2v) is 7.32. The van der Waals surface area contributed by atoms with Crippen LogP contribution in [0.2, 0.25) is 0 Å². The first-order chi connectivity index (χ1) is 13.9. The van der Waals surface area contributed by atoms with Crippen molar-refractivity contribution in [3.8, 4) is 5.75 Å². The van der Waals surface area contributed by atoms with Gasteiger partial charge in [0.2, 0.25) is 0 Å². The number of benzene rings is 2. The average molecular weight is 394 g/mol. The summed E-state index contributed by atoms with van der Waals surface area (Å²) in [5.41, 5.74) is 3.93. The van der Waals surface area contributed by atoms with Gasteiger partial charge in [0.05, 0.1) is 12.3 Å². The molecule has 1 aliphatic rings. The first-order valence-electron chi connectivity index (χ1n) is 9.76. The van der Waals surface area contributed by atoms with Gasteiger partial charge in [-0.2, -0.15) is 5.10 Å². The van der Waals surface area contributed by atoms with Gasteiger partial charge < -0.3 is 9.47 Å². The maximum atomic E-state index is 12.3. The van der Waals surface area contributed by atoms with Crippen LogP contribution in [0.5, 0.6) is 5.75 Å². The number of rotatable bonds is 7. The molecule has 0 aromatic heterocycles. The van der Waals surface area contributed by atoms with Crippen LogP contribution < -0.4 is 4.74 Å². The Morgan fingerprint density at radius 1 is 1.10 bits per heavy atom. The number of amides is 1. The number of esters is 1. The van der Waals surface area contributed by atoms with Crippen molar-refractivity contribution in [2.45, 2.75) is 33.1 Å². The molecule has 2 aromatic rings. The summed E-state index contributed by atoms with van der Waals surface area (Å²) in [5.74, 6) is 0.0127. The van der Waals surface area contributed by atoms with Gasteiger partial charge >= 0.3 is 5.97 Å². The van der Waals surface area contributed by atoms with Gasteiger partial charge in [-0.25, -0.2) is 9.80 Å². The van der Waals surface area contributed by atoms with Crippen molar-refractivity contribution in [2.75, 3.05) is 19.8 Å². The lowest BCUT2D eigenvalue weighted by molar-refractivity contribution is -0.153. The lowest BCUT2D eigenvalue weighted by Crippen LogP contribution is -2.30. The van der Waals surface area contributed by atoms with Crippen LogP contribution >= 0.6 is 0 Å². The van der Waals surface area contributed by atoms with Crippen LogP contribution in [0.15, 0.2) is 53.6 Å². The number of carbonyl (C=O) groups excluding carboxylic acids is 2. The molecule has 0 atom stereocenters. The van der Waals surface area contributed by atoms with E-state index in [0.717, 1.165) is 22.4 Å². The van der Waals surface area contributed by atoms with Gasteiger partial charge in [0.25, 0.3) is 5.91 Å². The summed E-state index contributed by atoms with van der Waals surface area (Å²) < 4.78 is 10.7. The maximum absolute atomic E-state index is 12.3. The zero-order valence-corrected chi connectivity index (χ0v) is 17.1. The van der Waals surface area contributed by atoms with Gasteiger partial charge in [0, 0.05) is 6.42 Å². The predicted octanol–water partition coefficient (Wildman–Crippen LogP) is 3.68. The number of hydrogen-bond donors (Lipinski definition) is 0. The first kappa shape index (κ1) is 20.6. The predicted molar refractivity (Wildman–Crippen MR) is 111 cm³/mol. The van der Waals surface area contributed by atoms with Crippen LogP contribution in [0.4, 0.5) is 0 Å². The molecule has 6 heteroatoms. The van der Waals surface area contributed by atoms with Crippen LogP contribution in [-0.4, -0.2) is 42.4 Å². The zero-order valence-electron chi connectivity index (χ0n) is 17.1. The normalized spacial score (nSPS) is 13.4. The van der Waals surface area contributed by atoms with Gasteiger partial charge in [-0.3, -0.25) is 4.79 Å². The van der Waals surface area contributed by atoms with Gasteiger partial charge in [0.1, 0.15) is 5.75 Å². The van der Waals surface area contributed by atoms with E-state index in [9.17, 15) is 9.59 Å². The van der Waals surface area contributed by atoms with E-state index in [1.165, 1.54) is 5.01 Å². The molecule has 1 amide bonds. The Hall–Kier alpha value is -3.15. The molecule has 0 saturated carbocycles. The lowest BCUT2D eigenvalue weighted by Gasteiger charge is -2.15. The van der Waals surface area contributed by atoms with E-state index >= 15 is 0 Å². The number of hydrazone groups is 1. The highest BCUT2D eigenvalue weighted by atomic mass is 16.6. The lowest BCUT2D eigenvalue weighted by atomic mass is 10.0. The molecule has 152 valence electrons. The third-order valence-electron chi connectivity index (χ3n) is 4.69. The van der Waals surface area contributed by atoms with E-state index in [0.29, 0.717) is 18.7 Å². The zero-order chi connectivity index (χ0) is 20.8. The third kappa shape index (κ3) is 5.44. The SMILES string of the molecule is Cc1ccc(C(C)C)c(OCC(=O)OCC(=O)N2CCC(c3ccccc3)=N2)c1. The van der Waals surface area contributed by atoms with Crippen molar-refractivity contribution in [3.05, 3.63) is 65.2 Å². The van der Waals surface area contributed by atoms with E-state index in [-0.39, 0.29) is 25.0 Å². The van der Waals surface area contributed by atoms with E-state index in [1.807, 2.05) is 55.5 Å². The molecule has 6 nitrogen and oxygen atoms in total. The molecular formula is C23H26N2O4. The molecule has 0 fully saturated rings. The standard InChI is InChI=1S/C23H26N2O4/c1-16(2)19-10-9-17(3)13-21(19)28-15-23(27)29-14-22(26)25-12-11-20(24-25)18-7-5-4-6-8-18/h4-10,13,16H,11-12,14-15H2,1-3H3. The number of ether oxygens (including phenoxy) is 2. The van der Waals surface area contributed by atoms with Crippen LogP contribution in [0.1, 0.15) is 42.9 Å². The van der Waals surface area contributed by atoms with E-state index in [2.05, 4.69) is 18.9 Å². The van der Waals surface area contributed by atoms with E-state index < -0.39 is 5.97 Å². The van der Waals surface area contributed by atoms with E-state index in [4.69, 9.17) is 9.47 Å². The molecular weight excluding hydrogens is 368 g/mol. The quantitative estimate of drug-likeness (QED) is 0.672. The molecule has 29 heavy (non-hydrogen) atoms. The number of aryl methyl sites for hydroxylation is 1. The number of carbonyl (C=O) groups is 2. The fourth-order valence-corrected chi connectivity index (χ4v) is 3.11. The molecule has 3 rings (SSSR count). The summed E-state index contributed by atoms with van der Waals surface area (Å²) in [6, 6.07) is 15.6. The molecule has 0 radical (unpaired) electrons. The van der Waals surface area contributed by atoms with Crippen molar-refractivity contribution < 1.29 is 19.1 Å². The summed E-state index contributed by atoms with van der Waals surface area (Å²) >= 11 is 0. The molecule has 0 bridgehead atoms. The van der Waals surface area contributed by atoms with Crippen LogP contribution in [0, 0.1) is 6.92 Å².